The molecule has 1 fully saturated rings. The third kappa shape index (κ3) is 4.86. The Kier molecular flexibility index (Phi) is 7.35. The number of nitrogens with one attached hydrogen (secondary N) is 1. The predicted octanol–water partition coefficient (Wildman–Crippen LogP) is 5.40. The minimum absolute atomic E-state index is 0.0642. The highest BCUT2D eigenvalue weighted by Gasteiger charge is 2.44. The lowest BCUT2D eigenvalue weighted by Crippen LogP contribution is -2.37. The van der Waals surface area contributed by atoms with Crippen LogP contribution >= 0.6 is 11.6 Å². The summed E-state index contributed by atoms with van der Waals surface area (Å²) in [6.07, 6.45) is 8.29. The molecule has 4 heterocycles. The van der Waals surface area contributed by atoms with Crippen molar-refractivity contribution in [2.75, 3.05) is 7.11 Å². The maximum Gasteiger partial charge on any atom is 0.439 e. The zero-order valence-corrected chi connectivity index (χ0v) is 24.2. The molecule has 0 aliphatic heterocycles. The summed E-state index contributed by atoms with van der Waals surface area (Å²) < 4.78 is 13.1. The SMILES string of the molecule is COC(CC1CCC[C@H](C)C1)(c1ccccc1C#N)c1nc2nc(-c3noc(=O)[nH]3)nc(-c3cncc(Cl)c3)c2n1C. The van der Waals surface area contributed by atoms with Crippen LogP contribution in [0.15, 0.2) is 52.0 Å². The molecule has 1 aromatic carbocycles. The first-order valence-electron chi connectivity index (χ1n) is 13.8. The van der Waals surface area contributed by atoms with Crippen molar-refractivity contribution in [3.05, 3.63) is 75.3 Å². The summed E-state index contributed by atoms with van der Waals surface area (Å²) in [7, 11) is 3.55. The monoisotopic (exact) mass is 584 g/mol. The van der Waals surface area contributed by atoms with Crippen LogP contribution in [0, 0.1) is 23.2 Å². The Morgan fingerprint density at radius 3 is 2.79 bits per heavy atom. The Balaban J connectivity index is 1.64. The lowest BCUT2D eigenvalue weighted by molar-refractivity contribution is -0.0149. The van der Waals surface area contributed by atoms with Gasteiger partial charge in [-0.1, -0.05) is 61.1 Å². The van der Waals surface area contributed by atoms with Crippen LogP contribution in [0.1, 0.15) is 56.0 Å². The van der Waals surface area contributed by atoms with Gasteiger partial charge >= 0.3 is 5.76 Å². The van der Waals surface area contributed by atoms with Gasteiger partial charge in [-0.2, -0.15) is 5.26 Å². The zero-order valence-electron chi connectivity index (χ0n) is 23.5. The van der Waals surface area contributed by atoms with Crippen LogP contribution in [-0.4, -0.2) is 41.8 Å². The second kappa shape index (κ2) is 11.1. The van der Waals surface area contributed by atoms with E-state index >= 15 is 0 Å². The Morgan fingerprint density at radius 2 is 2.07 bits per heavy atom. The number of hydrogen-bond acceptors (Lipinski definition) is 9. The standard InChI is InChI=1S/C30H29ClN8O3/c1-17-7-6-8-18(11-17)13-30(41-3,22-10-5-4-9-19(22)14-32)28-36-25-24(39(28)2)23(20-12-21(31)16-33-15-20)34-26(35-25)27-37-29(40)42-38-27/h4-5,9-10,12,15-18H,6-8,11,13H2,1-3H3,(H,37,38,40)/t17-,18?,30?/m0/s1. The molecule has 214 valence electrons. The summed E-state index contributed by atoms with van der Waals surface area (Å²) in [6, 6.07) is 11.6. The smallest absolute Gasteiger partial charge is 0.365 e. The van der Waals surface area contributed by atoms with Crippen LogP contribution in [0.25, 0.3) is 34.1 Å². The first-order chi connectivity index (χ1) is 20.3. The first-order valence-corrected chi connectivity index (χ1v) is 14.2. The zero-order chi connectivity index (χ0) is 29.4. The van der Waals surface area contributed by atoms with Crippen molar-refractivity contribution in [3.63, 3.8) is 0 Å². The average Bonchev–Trinajstić information content (AvgIpc) is 3.58. The van der Waals surface area contributed by atoms with Gasteiger partial charge < -0.3 is 9.30 Å². The van der Waals surface area contributed by atoms with Crippen molar-refractivity contribution in [3.8, 4) is 29.0 Å². The number of methoxy groups -OCH3 is 1. The predicted molar refractivity (Wildman–Crippen MR) is 155 cm³/mol. The van der Waals surface area contributed by atoms with E-state index in [4.69, 9.17) is 30.8 Å². The normalized spacial score (nSPS) is 18.5. The fourth-order valence-electron chi connectivity index (χ4n) is 6.34. The molecule has 5 aromatic rings. The third-order valence-corrected chi connectivity index (χ3v) is 8.38. The molecule has 11 nitrogen and oxygen atoms in total. The number of aromatic amines is 1. The quantitative estimate of drug-likeness (QED) is 0.265. The second-order valence-corrected chi connectivity index (χ2v) is 11.4. The number of pyridine rings is 1. The van der Waals surface area contributed by atoms with E-state index in [1.165, 1.54) is 12.6 Å². The number of imidazole rings is 1. The Morgan fingerprint density at radius 1 is 1.24 bits per heavy atom. The summed E-state index contributed by atoms with van der Waals surface area (Å²) >= 11 is 6.33. The molecule has 2 unspecified atom stereocenters. The van der Waals surface area contributed by atoms with Gasteiger partial charge in [0, 0.05) is 37.7 Å². The summed E-state index contributed by atoms with van der Waals surface area (Å²) in [4.78, 5) is 33.0. The number of aromatic nitrogens is 7. The molecular formula is C30H29ClN8O3. The van der Waals surface area contributed by atoms with Crippen LogP contribution in [0.4, 0.5) is 0 Å². The first kappa shape index (κ1) is 27.8. The van der Waals surface area contributed by atoms with Crippen LogP contribution < -0.4 is 5.76 Å². The molecule has 1 saturated carbocycles. The maximum absolute atomic E-state index is 11.8. The van der Waals surface area contributed by atoms with Gasteiger partial charge in [0.1, 0.15) is 17.0 Å². The molecule has 12 heteroatoms. The molecule has 0 saturated heterocycles. The molecule has 1 aliphatic rings. The van der Waals surface area contributed by atoms with E-state index in [0.717, 1.165) is 24.8 Å². The van der Waals surface area contributed by atoms with Gasteiger partial charge in [-0.15, -0.1) is 0 Å². The highest BCUT2D eigenvalue weighted by molar-refractivity contribution is 6.30. The number of halogens is 1. The number of benzene rings is 1. The van der Waals surface area contributed by atoms with Crippen molar-refractivity contribution >= 4 is 22.8 Å². The second-order valence-electron chi connectivity index (χ2n) is 10.9. The summed E-state index contributed by atoms with van der Waals surface area (Å²) in [5.74, 6) is 0.999. The van der Waals surface area contributed by atoms with Gasteiger partial charge in [0.25, 0.3) is 0 Å². The van der Waals surface area contributed by atoms with Crippen LogP contribution in [0.2, 0.25) is 5.02 Å². The average molecular weight is 585 g/mol. The maximum atomic E-state index is 11.8. The number of hydrogen-bond donors (Lipinski definition) is 1. The molecule has 6 rings (SSSR count). The van der Waals surface area contributed by atoms with Gasteiger partial charge in [0.05, 0.1) is 16.7 Å². The number of fused-ring (bicyclic) bond motifs is 1. The highest BCUT2D eigenvalue weighted by atomic mass is 35.5. The number of H-pyrrole nitrogens is 1. The summed E-state index contributed by atoms with van der Waals surface area (Å²) in [5.41, 5.74) is 2.27. The van der Waals surface area contributed by atoms with Gasteiger partial charge in [-0.05, 0) is 36.8 Å². The van der Waals surface area contributed by atoms with Crippen molar-refractivity contribution in [1.82, 2.24) is 34.6 Å². The van der Waals surface area contributed by atoms with Crippen molar-refractivity contribution in [1.29, 1.82) is 5.26 Å². The van der Waals surface area contributed by atoms with Crippen molar-refractivity contribution in [2.24, 2.45) is 18.9 Å². The van der Waals surface area contributed by atoms with E-state index < -0.39 is 11.4 Å². The van der Waals surface area contributed by atoms with Crippen LogP contribution in [0.3, 0.4) is 0 Å². The molecule has 1 aliphatic carbocycles. The molecule has 1 N–H and O–H groups in total. The molecule has 0 amide bonds. The lowest BCUT2D eigenvalue weighted by Gasteiger charge is -2.38. The minimum Gasteiger partial charge on any atom is -0.365 e. The fourth-order valence-corrected chi connectivity index (χ4v) is 6.51. The largest absolute Gasteiger partial charge is 0.439 e. The van der Waals surface area contributed by atoms with Gasteiger partial charge in [-0.25, -0.2) is 19.7 Å². The van der Waals surface area contributed by atoms with E-state index in [-0.39, 0.29) is 11.6 Å². The number of aryl methyl sites for hydroxylation is 1. The van der Waals surface area contributed by atoms with Gasteiger partial charge in [-0.3, -0.25) is 14.5 Å². The van der Waals surface area contributed by atoms with Crippen molar-refractivity contribution in [2.45, 2.75) is 44.6 Å². The van der Waals surface area contributed by atoms with E-state index in [1.807, 2.05) is 29.8 Å². The Labute approximate surface area is 246 Å². The summed E-state index contributed by atoms with van der Waals surface area (Å²) in [6.45, 7) is 2.29. The van der Waals surface area contributed by atoms with E-state index in [0.29, 0.717) is 57.1 Å². The van der Waals surface area contributed by atoms with Crippen LogP contribution in [0.5, 0.6) is 0 Å². The number of nitrogens with zero attached hydrogens (tertiary/aromatic N) is 7. The number of nitriles is 1. The van der Waals surface area contributed by atoms with Gasteiger partial charge in [0.15, 0.2) is 11.2 Å². The molecule has 4 aromatic heterocycles. The van der Waals surface area contributed by atoms with E-state index in [2.05, 4.69) is 33.1 Å². The molecule has 0 radical (unpaired) electrons. The van der Waals surface area contributed by atoms with E-state index in [1.54, 1.807) is 25.4 Å². The lowest BCUT2D eigenvalue weighted by atomic mass is 9.74. The number of ether oxygens (including phenoxy) is 1. The Hall–Kier alpha value is -4.40. The highest BCUT2D eigenvalue weighted by Crippen LogP contribution is 2.45. The molecular weight excluding hydrogens is 556 g/mol. The number of rotatable bonds is 7. The van der Waals surface area contributed by atoms with E-state index in [9.17, 15) is 10.1 Å². The van der Waals surface area contributed by atoms with Crippen LogP contribution in [-0.2, 0) is 17.4 Å². The van der Waals surface area contributed by atoms with Gasteiger partial charge in [0.2, 0.25) is 11.6 Å². The third-order valence-electron chi connectivity index (χ3n) is 8.17. The molecule has 0 spiro atoms. The fraction of sp³-hybridized carbons (Fsp3) is 0.367. The molecule has 42 heavy (non-hydrogen) atoms. The minimum atomic E-state index is -1.06. The summed E-state index contributed by atoms with van der Waals surface area (Å²) in [5, 5.41) is 14.4. The Bertz CT molecular complexity index is 1870. The topological polar surface area (TPSA) is 148 Å². The molecule has 0 bridgehead atoms. The van der Waals surface area contributed by atoms with Crippen molar-refractivity contribution < 1.29 is 9.26 Å². The molecule has 3 atom stereocenters.